The fourth-order valence-electron chi connectivity index (χ4n) is 2.17. The first-order valence-corrected chi connectivity index (χ1v) is 6.55. The number of Topliss-reactive ketones (excluding diaryl/α,β-unsaturated/α-hetero) is 1. The molecule has 0 aromatic heterocycles. The van der Waals surface area contributed by atoms with Crippen LogP contribution < -0.4 is 0 Å². The molecule has 0 saturated carbocycles. The van der Waals surface area contributed by atoms with Crippen LogP contribution in [0.3, 0.4) is 0 Å². The molecule has 1 aromatic rings. The minimum atomic E-state index is 0.0478. The van der Waals surface area contributed by atoms with Crippen LogP contribution in [0.15, 0.2) is 45.5 Å². The van der Waals surface area contributed by atoms with Crippen molar-refractivity contribution in [3.63, 3.8) is 0 Å². The summed E-state index contributed by atoms with van der Waals surface area (Å²) >= 11 is 0. The number of hydrogen-bond donors (Lipinski definition) is 0. The van der Waals surface area contributed by atoms with Gasteiger partial charge < -0.3 is 0 Å². The summed E-state index contributed by atoms with van der Waals surface area (Å²) in [5.41, 5.74) is 3.78. The quantitative estimate of drug-likeness (QED) is 0.762. The number of allylic oxidation sites excluding steroid dienone is 2. The van der Waals surface area contributed by atoms with Gasteiger partial charge in [-0.3, -0.25) is 14.8 Å². The first-order valence-electron chi connectivity index (χ1n) is 6.55. The Bertz CT molecular complexity index is 595. The van der Waals surface area contributed by atoms with Crippen molar-refractivity contribution in [1.29, 1.82) is 0 Å². The van der Waals surface area contributed by atoms with E-state index in [1.807, 2.05) is 37.4 Å². The second kappa shape index (κ2) is 5.74. The van der Waals surface area contributed by atoms with Crippen LogP contribution in [0, 0.1) is 0 Å². The lowest BCUT2D eigenvalue weighted by Gasteiger charge is -2.19. The van der Waals surface area contributed by atoms with Gasteiger partial charge in [0.2, 0.25) is 0 Å². The maximum Gasteiger partial charge on any atom is 0.191 e. The highest BCUT2D eigenvalue weighted by molar-refractivity contribution is 6.28. The summed E-state index contributed by atoms with van der Waals surface area (Å²) in [4.78, 5) is 21.1. The topological polar surface area (TPSA) is 41.8 Å². The standard InChI is InChI=1S/C16H18N2O/c1-4-5-10-18-14-11(2)16(19)13-9-7-6-8-12(13)15(14)17-3/h6-10H,4-5H2,1-3H3/b17-15+,18-10-. The highest BCUT2D eigenvalue weighted by atomic mass is 16.1. The number of fused-ring (bicyclic) bond motifs is 1. The number of hydrogen-bond acceptors (Lipinski definition) is 3. The highest BCUT2D eigenvalue weighted by Gasteiger charge is 2.27. The Labute approximate surface area is 113 Å². The molecule has 3 nitrogen and oxygen atoms in total. The van der Waals surface area contributed by atoms with E-state index in [1.54, 1.807) is 7.05 Å². The van der Waals surface area contributed by atoms with Gasteiger partial charge in [0.1, 0.15) is 0 Å². The largest absolute Gasteiger partial charge is 0.289 e. The lowest BCUT2D eigenvalue weighted by Crippen LogP contribution is -2.20. The zero-order valence-corrected chi connectivity index (χ0v) is 11.6. The molecule has 0 bridgehead atoms. The van der Waals surface area contributed by atoms with E-state index in [9.17, 15) is 4.79 Å². The average Bonchev–Trinajstić information content (AvgIpc) is 2.44. The predicted molar refractivity (Wildman–Crippen MR) is 79.3 cm³/mol. The van der Waals surface area contributed by atoms with Crippen LogP contribution in [-0.2, 0) is 0 Å². The van der Waals surface area contributed by atoms with Crippen LogP contribution in [-0.4, -0.2) is 24.8 Å². The number of rotatable bonds is 3. The summed E-state index contributed by atoms with van der Waals surface area (Å²) in [6, 6.07) is 7.57. The molecule has 0 spiro atoms. The number of carbonyl (C=O) groups is 1. The molecule has 0 unspecified atom stereocenters. The summed E-state index contributed by atoms with van der Waals surface area (Å²) in [5.74, 6) is 0.0478. The van der Waals surface area contributed by atoms with Gasteiger partial charge in [0.05, 0.1) is 11.4 Å². The Balaban J connectivity index is 2.55. The van der Waals surface area contributed by atoms with Gasteiger partial charge in [0.25, 0.3) is 0 Å². The number of benzene rings is 1. The average molecular weight is 254 g/mol. The molecule has 2 rings (SSSR count). The molecule has 3 heteroatoms. The van der Waals surface area contributed by atoms with Crippen LogP contribution in [0.1, 0.15) is 42.6 Å². The molecule has 0 saturated heterocycles. The molecule has 1 aliphatic carbocycles. The van der Waals surface area contributed by atoms with Gasteiger partial charge in [-0.05, 0) is 13.3 Å². The number of ketones is 1. The van der Waals surface area contributed by atoms with E-state index in [2.05, 4.69) is 16.9 Å². The van der Waals surface area contributed by atoms with Gasteiger partial charge in [0, 0.05) is 30.0 Å². The van der Waals surface area contributed by atoms with Crippen molar-refractivity contribution in [3.8, 4) is 0 Å². The molecular formula is C16H18N2O. The molecule has 0 N–H and O–H groups in total. The van der Waals surface area contributed by atoms with Gasteiger partial charge in [-0.15, -0.1) is 0 Å². The number of carbonyl (C=O) groups excluding carboxylic acids is 1. The minimum Gasteiger partial charge on any atom is -0.289 e. The lowest BCUT2D eigenvalue weighted by molar-refractivity contribution is 0.103. The number of unbranched alkanes of at least 4 members (excludes halogenated alkanes) is 1. The molecule has 0 aliphatic heterocycles. The van der Waals surface area contributed by atoms with Crippen molar-refractivity contribution in [2.45, 2.75) is 26.7 Å². The van der Waals surface area contributed by atoms with Crippen molar-refractivity contribution in [1.82, 2.24) is 0 Å². The van der Waals surface area contributed by atoms with Crippen LogP contribution in [0.4, 0.5) is 0 Å². The predicted octanol–water partition coefficient (Wildman–Crippen LogP) is 3.45. The highest BCUT2D eigenvalue weighted by Crippen LogP contribution is 2.27. The van der Waals surface area contributed by atoms with Crippen LogP contribution in [0.5, 0.6) is 0 Å². The Morgan fingerprint density at radius 3 is 2.53 bits per heavy atom. The lowest BCUT2D eigenvalue weighted by atomic mass is 9.87. The molecule has 0 amide bonds. The Kier molecular flexibility index (Phi) is 4.05. The molecular weight excluding hydrogens is 236 g/mol. The maximum absolute atomic E-state index is 12.3. The van der Waals surface area contributed by atoms with E-state index < -0.39 is 0 Å². The van der Waals surface area contributed by atoms with Crippen molar-refractivity contribution < 1.29 is 4.79 Å². The minimum absolute atomic E-state index is 0.0478. The van der Waals surface area contributed by atoms with Gasteiger partial charge in [-0.2, -0.15) is 0 Å². The van der Waals surface area contributed by atoms with Crippen molar-refractivity contribution >= 4 is 17.7 Å². The van der Waals surface area contributed by atoms with Crippen molar-refractivity contribution in [2.24, 2.45) is 9.98 Å². The van der Waals surface area contributed by atoms with E-state index in [1.165, 1.54) is 0 Å². The smallest absolute Gasteiger partial charge is 0.191 e. The molecule has 0 radical (unpaired) electrons. The summed E-state index contributed by atoms with van der Waals surface area (Å²) in [6.45, 7) is 3.92. The zero-order valence-electron chi connectivity index (χ0n) is 11.6. The Hall–Kier alpha value is -2.03. The molecule has 98 valence electrons. The summed E-state index contributed by atoms with van der Waals surface area (Å²) < 4.78 is 0. The SMILES string of the molecule is CCC/C=N\C1=C(C)C(=O)c2ccccc2/C1=N\C. The first kappa shape index (κ1) is 13.4. The maximum atomic E-state index is 12.3. The van der Waals surface area contributed by atoms with Crippen LogP contribution in [0.2, 0.25) is 0 Å². The van der Waals surface area contributed by atoms with Gasteiger partial charge in [-0.25, -0.2) is 0 Å². The molecule has 1 aliphatic rings. The number of aliphatic imine (C=N–C) groups is 2. The molecule has 19 heavy (non-hydrogen) atoms. The van der Waals surface area contributed by atoms with Gasteiger partial charge in [-0.1, -0.05) is 37.6 Å². The first-order chi connectivity index (χ1) is 9.20. The van der Waals surface area contributed by atoms with Crippen molar-refractivity contribution in [2.75, 3.05) is 7.05 Å². The van der Waals surface area contributed by atoms with E-state index in [0.717, 1.165) is 29.7 Å². The van der Waals surface area contributed by atoms with E-state index in [0.29, 0.717) is 11.3 Å². The van der Waals surface area contributed by atoms with E-state index in [-0.39, 0.29) is 5.78 Å². The third-order valence-corrected chi connectivity index (χ3v) is 3.21. The normalized spacial score (nSPS) is 17.4. The fourth-order valence-corrected chi connectivity index (χ4v) is 2.17. The Morgan fingerprint density at radius 2 is 1.89 bits per heavy atom. The van der Waals surface area contributed by atoms with E-state index in [4.69, 9.17) is 0 Å². The third kappa shape index (κ3) is 2.41. The summed E-state index contributed by atoms with van der Waals surface area (Å²) in [7, 11) is 1.74. The molecule has 0 atom stereocenters. The second-order valence-electron chi connectivity index (χ2n) is 4.52. The van der Waals surface area contributed by atoms with E-state index >= 15 is 0 Å². The second-order valence-corrected chi connectivity index (χ2v) is 4.52. The van der Waals surface area contributed by atoms with Crippen molar-refractivity contribution in [3.05, 3.63) is 46.7 Å². The monoisotopic (exact) mass is 254 g/mol. The third-order valence-electron chi connectivity index (χ3n) is 3.21. The zero-order chi connectivity index (χ0) is 13.8. The van der Waals surface area contributed by atoms with Gasteiger partial charge >= 0.3 is 0 Å². The van der Waals surface area contributed by atoms with Crippen LogP contribution >= 0.6 is 0 Å². The fraction of sp³-hybridized carbons (Fsp3) is 0.312. The molecule has 0 heterocycles. The summed E-state index contributed by atoms with van der Waals surface area (Å²) in [6.07, 6.45) is 3.81. The number of nitrogens with zero attached hydrogens (tertiary/aromatic N) is 2. The van der Waals surface area contributed by atoms with Gasteiger partial charge in [0.15, 0.2) is 5.78 Å². The molecule has 1 aromatic carbocycles. The van der Waals surface area contributed by atoms with Crippen LogP contribution in [0.25, 0.3) is 0 Å². The Morgan fingerprint density at radius 1 is 1.21 bits per heavy atom. The molecule has 0 fully saturated rings. The summed E-state index contributed by atoms with van der Waals surface area (Å²) in [5, 5.41) is 0.